The van der Waals surface area contributed by atoms with E-state index in [1.54, 1.807) is 7.11 Å². The van der Waals surface area contributed by atoms with E-state index in [9.17, 15) is 4.79 Å². The minimum absolute atomic E-state index is 0.143. The van der Waals surface area contributed by atoms with Crippen molar-refractivity contribution in [3.05, 3.63) is 76.8 Å². The van der Waals surface area contributed by atoms with Crippen LogP contribution >= 0.6 is 11.6 Å². The molecule has 0 aromatic heterocycles. The summed E-state index contributed by atoms with van der Waals surface area (Å²) in [6.07, 6.45) is 0. The lowest BCUT2D eigenvalue weighted by Gasteiger charge is -2.37. The van der Waals surface area contributed by atoms with Crippen molar-refractivity contribution in [3.8, 4) is 5.75 Å². The van der Waals surface area contributed by atoms with Crippen LogP contribution in [0.2, 0.25) is 5.02 Å². The van der Waals surface area contributed by atoms with Crippen LogP contribution in [-0.2, 0) is 6.54 Å². The van der Waals surface area contributed by atoms with Gasteiger partial charge in [0.1, 0.15) is 5.75 Å². The zero-order chi connectivity index (χ0) is 21.1. The monoisotopic (exact) mass is 422 g/mol. The third-order valence-electron chi connectivity index (χ3n) is 6.01. The van der Waals surface area contributed by atoms with Gasteiger partial charge in [-0.05, 0) is 30.0 Å². The van der Waals surface area contributed by atoms with Gasteiger partial charge in [0.05, 0.1) is 18.2 Å². The zero-order valence-corrected chi connectivity index (χ0v) is 18.2. The van der Waals surface area contributed by atoms with Gasteiger partial charge in [0.25, 0.3) is 0 Å². The predicted molar refractivity (Wildman–Crippen MR) is 123 cm³/mol. The molecule has 3 aromatic carbocycles. The highest BCUT2D eigenvalue weighted by Gasteiger charge is 2.26. The number of fused-ring (bicyclic) bond motifs is 1. The van der Waals surface area contributed by atoms with Crippen molar-refractivity contribution in [2.75, 3.05) is 33.3 Å². The van der Waals surface area contributed by atoms with E-state index >= 15 is 0 Å². The van der Waals surface area contributed by atoms with Gasteiger partial charge in [-0.3, -0.25) is 14.6 Å². The summed E-state index contributed by atoms with van der Waals surface area (Å²) in [6, 6.07) is 19.9. The topological polar surface area (TPSA) is 32.8 Å². The first kappa shape index (κ1) is 20.9. The molecule has 30 heavy (non-hydrogen) atoms. The van der Waals surface area contributed by atoms with Gasteiger partial charge < -0.3 is 4.74 Å². The first-order chi connectivity index (χ1) is 14.6. The summed E-state index contributed by atoms with van der Waals surface area (Å²) in [5.74, 6) is 0.797. The van der Waals surface area contributed by atoms with Crippen LogP contribution in [0, 0.1) is 0 Å². The summed E-state index contributed by atoms with van der Waals surface area (Å²) in [4.78, 5) is 17.9. The number of nitrogens with zero attached hydrogens (tertiary/aromatic N) is 2. The molecule has 1 aliphatic heterocycles. The Hall–Kier alpha value is -2.40. The second-order valence-electron chi connectivity index (χ2n) is 7.86. The number of carbonyl (C=O) groups excluding carboxylic acids is 1. The van der Waals surface area contributed by atoms with Crippen LogP contribution < -0.4 is 4.74 Å². The lowest BCUT2D eigenvalue weighted by molar-refractivity contribution is 0.0687. The van der Waals surface area contributed by atoms with Gasteiger partial charge in [-0.25, -0.2) is 0 Å². The number of hydrogen-bond donors (Lipinski definition) is 0. The molecule has 5 heteroatoms. The maximum atomic E-state index is 13.2. The van der Waals surface area contributed by atoms with Gasteiger partial charge in [0, 0.05) is 43.7 Å². The van der Waals surface area contributed by atoms with E-state index in [0.29, 0.717) is 10.8 Å². The molecular weight excluding hydrogens is 396 g/mol. The van der Waals surface area contributed by atoms with Gasteiger partial charge >= 0.3 is 0 Å². The van der Waals surface area contributed by atoms with Crippen molar-refractivity contribution in [1.29, 1.82) is 0 Å². The summed E-state index contributed by atoms with van der Waals surface area (Å²) in [5, 5.41) is 2.43. The van der Waals surface area contributed by atoms with E-state index in [-0.39, 0.29) is 11.8 Å². The molecule has 0 amide bonds. The number of rotatable bonds is 6. The Morgan fingerprint density at radius 3 is 2.47 bits per heavy atom. The van der Waals surface area contributed by atoms with Crippen LogP contribution in [0.4, 0.5) is 0 Å². The Balaban J connectivity index is 1.41. The Bertz CT molecular complexity index is 1030. The molecule has 1 fully saturated rings. The summed E-state index contributed by atoms with van der Waals surface area (Å²) >= 11 is 6.41. The number of benzene rings is 3. The molecule has 0 N–H and O–H groups in total. The Kier molecular flexibility index (Phi) is 6.38. The number of carbonyl (C=O) groups is 1. The van der Waals surface area contributed by atoms with Crippen LogP contribution in [0.3, 0.4) is 0 Å². The lowest BCUT2D eigenvalue weighted by atomic mass is 9.99. The summed E-state index contributed by atoms with van der Waals surface area (Å²) in [5.41, 5.74) is 2.06. The molecule has 1 atom stereocenters. The third kappa shape index (κ3) is 4.36. The van der Waals surface area contributed by atoms with Crippen LogP contribution in [-0.4, -0.2) is 54.9 Å². The quantitative estimate of drug-likeness (QED) is 0.529. The fraction of sp³-hybridized carbons (Fsp3) is 0.320. The molecule has 4 nitrogen and oxygen atoms in total. The average molecular weight is 423 g/mol. The van der Waals surface area contributed by atoms with E-state index in [2.05, 4.69) is 34.1 Å². The van der Waals surface area contributed by atoms with Gasteiger partial charge in [-0.2, -0.15) is 0 Å². The second-order valence-corrected chi connectivity index (χ2v) is 8.23. The maximum absolute atomic E-state index is 13.2. The number of hydrogen-bond acceptors (Lipinski definition) is 4. The number of Topliss-reactive ketones (excluding diaryl/α,β-unsaturated/α-hetero) is 1. The Morgan fingerprint density at radius 1 is 1.03 bits per heavy atom. The molecule has 1 saturated heterocycles. The lowest BCUT2D eigenvalue weighted by Crippen LogP contribution is -2.51. The van der Waals surface area contributed by atoms with Gasteiger partial charge in [-0.15, -0.1) is 0 Å². The van der Waals surface area contributed by atoms with E-state index in [0.717, 1.165) is 49.1 Å². The van der Waals surface area contributed by atoms with E-state index in [1.165, 1.54) is 5.56 Å². The fourth-order valence-corrected chi connectivity index (χ4v) is 4.45. The Labute approximate surface area is 183 Å². The zero-order valence-electron chi connectivity index (χ0n) is 17.5. The third-order valence-corrected chi connectivity index (χ3v) is 6.40. The highest BCUT2D eigenvalue weighted by atomic mass is 35.5. The minimum atomic E-state index is -0.143. The van der Waals surface area contributed by atoms with Crippen LogP contribution in [0.5, 0.6) is 5.75 Å². The van der Waals surface area contributed by atoms with Crippen molar-refractivity contribution in [3.63, 3.8) is 0 Å². The standard InChI is InChI=1S/C25H27ClN2O2/c1-18(28-14-12-27(13-15-28)17-19-6-4-3-5-7-19)25(29)21-8-10-22-20(16-21)9-11-23(30-2)24(22)26/h3-11,16,18H,12-15,17H2,1-2H3. The molecule has 0 radical (unpaired) electrons. The normalized spacial score (nSPS) is 16.5. The van der Waals surface area contributed by atoms with Crippen molar-refractivity contribution >= 4 is 28.2 Å². The minimum Gasteiger partial charge on any atom is -0.495 e. The number of ether oxygens (including phenoxy) is 1. The fourth-order valence-electron chi connectivity index (χ4n) is 4.14. The number of ketones is 1. The smallest absolute Gasteiger partial charge is 0.179 e. The SMILES string of the molecule is COc1ccc2cc(C(=O)C(C)N3CCN(Cc4ccccc4)CC3)ccc2c1Cl. The second kappa shape index (κ2) is 9.17. The number of halogens is 1. The predicted octanol–water partition coefficient (Wildman–Crippen LogP) is 4.89. The maximum Gasteiger partial charge on any atom is 0.179 e. The molecule has 1 heterocycles. The molecule has 0 saturated carbocycles. The molecule has 1 unspecified atom stereocenters. The van der Waals surface area contributed by atoms with Crippen molar-refractivity contribution in [2.24, 2.45) is 0 Å². The molecule has 0 aliphatic carbocycles. The van der Waals surface area contributed by atoms with Crippen LogP contribution in [0.15, 0.2) is 60.7 Å². The van der Waals surface area contributed by atoms with E-state index in [1.807, 2.05) is 43.3 Å². The Morgan fingerprint density at radius 2 is 1.77 bits per heavy atom. The summed E-state index contributed by atoms with van der Waals surface area (Å²) in [6.45, 7) is 6.72. The largest absolute Gasteiger partial charge is 0.495 e. The summed E-state index contributed by atoms with van der Waals surface area (Å²) in [7, 11) is 1.60. The highest BCUT2D eigenvalue weighted by molar-refractivity contribution is 6.37. The van der Waals surface area contributed by atoms with E-state index < -0.39 is 0 Å². The first-order valence-electron chi connectivity index (χ1n) is 10.4. The van der Waals surface area contributed by atoms with Crippen LogP contribution in [0.1, 0.15) is 22.8 Å². The molecule has 3 aromatic rings. The molecular formula is C25H27ClN2O2. The van der Waals surface area contributed by atoms with Crippen molar-refractivity contribution in [1.82, 2.24) is 9.80 Å². The number of methoxy groups -OCH3 is 1. The highest BCUT2D eigenvalue weighted by Crippen LogP contribution is 2.33. The molecule has 4 rings (SSSR count). The summed E-state index contributed by atoms with van der Waals surface area (Å²) < 4.78 is 5.28. The molecule has 0 bridgehead atoms. The molecule has 0 spiro atoms. The van der Waals surface area contributed by atoms with Gasteiger partial charge in [0.2, 0.25) is 0 Å². The van der Waals surface area contributed by atoms with Gasteiger partial charge in [0.15, 0.2) is 5.78 Å². The van der Waals surface area contributed by atoms with Crippen molar-refractivity contribution < 1.29 is 9.53 Å². The van der Waals surface area contributed by atoms with Crippen molar-refractivity contribution in [2.45, 2.75) is 19.5 Å². The average Bonchev–Trinajstić information content (AvgIpc) is 2.79. The molecule has 1 aliphatic rings. The first-order valence-corrected chi connectivity index (χ1v) is 10.8. The van der Waals surface area contributed by atoms with E-state index in [4.69, 9.17) is 16.3 Å². The number of piperazine rings is 1. The van der Waals surface area contributed by atoms with Crippen LogP contribution in [0.25, 0.3) is 10.8 Å². The molecule has 156 valence electrons. The van der Waals surface area contributed by atoms with Gasteiger partial charge in [-0.1, -0.05) is 60.1 Å².